The zero-order chi connectivity index (χ0) is 25.8. The highest BCUT2D eigenvalue weighted by Gasteiger charge is 2.36. The van der Waals surface area contributed by atoms with Crippen molar-refractivity contribution >= 4 is 11.6 Å². The number of carbonyl (C=O) groups excluding carboxylic acids is 1. The molecule has 2 N–H and O–H groups in total. The summed E-state index contributed by atoms with van der Waals surface area (Å²) >= 11 is 0. The molecule has 36 heavy (non-hydrogen) atoms. The number of pyridine rings is 1. The molecule has 0 unspecified atom stereocenters. The lowest BCUT2D eigenvalue weighted by Crippen LogP contribution is -2.50. The lowest BCUT2D eigenvalue weighted by Gasteiger charge is -2.44. The van der Waals surface area contributed by atoms with Gasteiger partial charge in [0.25, 0.3) is 11.5 Å². The molecular formula is C27H37N5O4. The number of anilines is 1. The molecule has 2 aromatic rings. The topological polar surface area (TPSA) is 107 Å². The fraction of sp³-hybridized carbons (Fsp3) is 0.556. The minimum Gasteiger partial charge on any atom is -0.490 e. The summed E-state index contributed by atoms with van der Waals surface area (Å²) in [6.45, 7) is 10.1. The van der Waals surface area contributed by atoms with Crippen molar-refractivity contribution < 1.29 is 9.53 Å². The molecule has 2 fully saturated rings. The van der Waals surface area contributed by atoms with Crippen LogP contribution in [0.1, 0.15) is 71.8 Å². The number of benzene rings is 1. The van der Waals surface area contributed by atoms with Gasteiger partial charge in [0, 0.05) is 54.9 Å². The molecule has 0 spiro atoms. The fourth-order valence-electron chi connectivity index (χ4n) is 5.29. The Morgan fingerprint density at radius 3 is 2.53 bits per heavy atom. The molecule has 0 atom stereocenters. The van der Waals surface area contributed by atoms with Crippen molar-refractivity contribution in [2.45, 2.75) is 78.5 Å². The first-order valence-electron chi connectivity index (χ1n) is 12.9. The minimum atomic E-state index is -0.333. The monoisotopic (exact) mass is 495 g/mol. The number of nitroso groups, excluding NO2 is 1. The van der Waals surface area contributed by atoms with E-state index in [4.69, 9.17) is 4.74 Å². The zero-order valence-corrected chi connectivity index (χ0v) is 21.7. The predicted octanol–water partition coefficient (Wildman–Crippen LogP) is 4.13. The Hall–Kier alpha value is -3.20. The average Bonchev–Trinajstić information content (AvgIpc) is 2.83. The van der Waals surface area contributed by atoms with Crippen LogP contribution in [0.5, 0.6) is 5.75 Å². The van der Waals surface area contributed by atoms with E-state index >= 15 is 0 Å². The maximum absolute atomic E-state index is 13.2. The summed E-state index contributed by atoms with van der Waals surface area (Å²) in [4.78, 5) is 42.5. The number of ether oxygens (including phenoxy) is 1. The van der Waals surface area contributed by atoms with Crippen molar-refractivity contribution in [2.24, 2.45) is 5.29 Å². The second kappa shape index (κ2) is 11.2. The Labute approximate surface area is 212 Å². The van der Waals surface area contributed by atoms with Gasteiger partial charge in [-0.1, -0.05) is 6.42 Å². The maximum atomic E-state index is 13.2. The number of nitrogens with one attached hydrogen (secondary N) is 2. The second-order valence-corrected chi connectivity index (χ2v) is 10.00. The van der Waals surface area contributed by atoms with E-state index in [0.717, 1.165) is 37.2 Å². The van der Waals surface area contributed by atoms with Crippen molar-refractivity contribution in [2.75, 3.05) is 24.6 Å². The third kappa shape index (κ3) is 5.61. The summed E-state index contributed by atoms with van der Waals surface area (Å²) in [6.07, 6.45) is 5.85. The highest BCUT2D eigenvalue weighted by atomic mass is 16.5. The van der Waals surface area contributed by atoms with Crippen LogP contribution in [0.3, 0.4) is 0 Å². The van der Waals surface area contributed by atoms with Crippen molar-refractivity contribution in [1.82, 2.24) is 15.2 Å². The number of piperidine rings is 1. The van der Waals surface area contributed by atoms with E-state index in [1.54, 1.807) is 19.1 Å². The smallest absolute Gasteiger partial charge is 0.253 e. The van der Waals surface area contributed by atoms with Crippen LogP contribution >= 0.6 is 0 Å². The first-order valence-corrected chi connectivity index (χ1v) is 12.9. The van der Waals surface area contributed by atoms with Crippen LogP contribution in [-0.2, 0) is 6.54 Å². The van der Waals surface area contributed by atoms with Crippen LogP contribution in [0.4, 0.5) is 5.69 Å². The summed E-state index contributed by atoms with van der Waals surface area (Å²) in [5, 5.41) is 7.33. The number of aromatic amines is 1. The van der Waals surface area contributed by atoms with E-state index in [1.807, 2.05) is 26.8 Å². The van der Waals surface area contributed by atoms with Crippen molar-refractivity contribution in [1.29, 1.82) is 0 Å². The number of hydrogen-bond acceptors (Lipinski definition) is 6. The molecule has 4 rings (SSSR count). The largest absolute Gasteiger partial charge is 0.490 e. The molecule has 1 aliphatic heterocycles. The van der Waals surface area contributed by atoms with Gasteiger partial charge in [-0.3, -0.25) is 9.59 Å². The molecule has 1 aromatic heterocycles. The highest BCUT2D eigenvalue weighted by Crippen LogP contribution is 2.35. The summed E-state index contributed by atoms with van der Waals surface area (Å²) < 4.78 is 6.28. The molecule has 1 aromatic carbocycles. The van der Waals surface area contributed by atoms with E-state index in [1.165, 1.54) is 24.3 Å². The molecule has 0 bridgehead atoms. The van der Waals surface area contributed by atoms with Crippen molar-refractivity contribution in [3.8, 4) is 5.75 Å². The number of hydrogen-bond donors (Lipinski definition) is 2. The first kappa shape index (κ1) is 25.9. The van der Waals surface area contributed by atoms with Gasteiger partial charge in [0.1, 0.15) is 11.9 Å². The van der Waals surface area contributed by atoms with Gasteiger partial charge < -0.3 is 19.9 Å². The summed E-state index contributed by atoms with van der Waals surface area (Å²) in [7, 11) is 0. The van der Waals surface area contributed by atoms with Gasteiger partial charge in [-0.2, -0.15) is 0 Å². The van der Waals surface area contributed by atoms with Crippen LogP contribution in [0.2, 0.25) is 0 Å². The Kier molecular flexibility index (Phi) is 8.08. The van der Waals surface area contributed by atoms with Gasteiger partial charge in [0.05, 0.1) is 11.0 Å². The molecule has 194 valence electrons. The van der Waals surface area contributed by atoms with Crippen LogP contribution < -0.4 is 20.6 Å². The molecular weight excluding hydrogens is 458 g/mol. The number of rotatable bonds is 9. The van der Waals surface area contributed by atoms with E-state index in [2.05, 4.69) is 20.5 Å². The Balaban J connectivity index is 1.51. The fourth-order valence-corrected chi connectivity index (χ4v) is 5.29. The molecule has 2 aliphatic rings. The SMILES string of the molecule is CCN(N=O)c1cc(OC2CC(N3CCCCC3)C2)cc(C(=O)NCc2c(C)cc(C)[nH]c2=O)c1C. The van der Waals surface area contributed by atoms with Crippen LogP contribution in [0.25, 0.3) is 0 Å². The summed E-state index contributed by atoms with van der Waals surface area (Å²) in [5.41, 5.74) is 3.49. The van der Waals surface area contributed by atoms with E-state index < -0.39 is 0 Å². The van der Waals surface area contributed by atoms with E-state index in [0.29, 0.717) is 40.7 Å². The van der Waals surface area contributed by atoms with Gasteiger partial charge in [-0.05, 0) is 76.9 Å². The maximum Gasteiger partial charge on any atom is 0.253 e. The molecule has 9 nitrogen and oxygen atoms in total. The van der Waals surface area contributed by atoms with Crippen LogP contribution in [0.15, 0.2) is 28.3 Å². The molecule has 9 heteroatoms. The average molecular weight is 496 g/mol. The third-order valence-electron chi connectivity index (χ3n) is 7.47. The second-order valence-electron chi connectivity index (χ2n) is 10.00. The molecule has 1 amide bonds. The zero-order valence-electron chi connectivity index (χ0n) is 21.7. The summed E-state index contributed by atoms with van der Waals surface area (Å²) in [5.74, 6) is 0.217. The molecule has 1 aliphatic carbocycles. The molecule has 1 saturated carbocycles. The van der Waals surface area contributed by atoms with Gasteiger partial charge in [-0.15, -0.1) is 4.91 Å². The standard InChI is InChI=1S/C27H37N5O4/c1-5-32(30-35)25-15-22(36-21-12-20(13-21)31-9-7-6-8-10-31)14-23(19(25)4)26(33)28-16-24-17(2)11-18(3)29-27(24)34/h11,14-15,20-21H,5-10,12-13,16H2,1-4H3,(H,28,33)(H,29,34). The van der Waals surface area contributed by atoms with E-state index in [9.17, 15) is 14.5 Å². The van der Waals surface area contributed by atoms with Crippen LogP contribution in [0, 0.1) is 25.7 Å². The predicted molar refractivity (Wildman–Crippen MR) is 141 cm³/mol. The van der Waals surface area contributed by atoms with Crippen molar-refractivity contribution in [3.63, 3.8) is 0 Å². The van der Waals surface area contributed by atoms with Crippen LogP contribution in [-0.4, -0.2) is 47.6 Å². The minimum absolute atomic E-state index is 0.0800. The lowest BCUT2D eigenvalue weighted by molar-refractivity contribution is 0.00889. The first-order chi connectivity index (χ1) is 17.3. The van der Waals surface area contributed by atoms with Crippen molar-refractivity contribution in [3.05, 3.63) is 61.4 Å². The van der Waals surface area contributed by atoms with Gasteiger partial charge in [-0.25, -0.2) is 5.01 Å². The van der Waals surface area contributed by atoms with E-state index in [-0.39, 0.29) is 24.1 Å². The Morgan fingerprint density at radius 2 is 1.89 bits per heavy atom. The quantitative estimate of drug-likeness (QED) is 0.400. The van der Waals surface area contributed by atoms with Gasteiger partial charge >= 0.3 is 0 Å². The highest BCUT2D eigenvalue weighted by molar-refractivity contribution is 5.97. The lowest BCUT2D eigenvalue weighted by atomic mass is 9.86. The number of carbonyl (C=O) groups is 1. The molecule has 1 saturated heterocycles. The number of aryl methyl sites for hydroxylation is 2. The van der Waals surface area contributed by atoms with Gasteiger partial charge in [0.2, 0.25) is 0 Å². The summed E-state index contributed by atoms with van der Waals surface area (Å²) in [6, 6.07) is 5.96. The Morgan fingerprint density at radius 1 is 1.17 bits per heavy atom. The Bertz CT molecular complexity index is 1170. The number of likely N-dealkylation sites (tertiary alicyclic amines) is 1. The number of nitrogens with zero attached hydrogens (tertiary/aromatic N) is 3. The number of aromatic nitrogens is 1. The normalized spacial score (nSPS) is 19.9. The molecule has 2 heterocycles. The third-order valence-corrected chi connectivity index (χ3v) is 7.47. The molecule has 0 radical (unpaired) electrons. The van der Waals surface area contributed by atoms with Gasteiger partial charge in [0.15, 0.2) is 0 Å². The number of H-pyrrole nitrogens is 1. The number of amides is 1.